The van der Waals surface area contributed by atoms with Gasteiger partial charge < -0.3 is 15.6 Å². The van der Waals surface area contributed by atoms with Crippen molar-refractivity contribution >= 4 is 11.8 Å². The van der Waals surface area contributed by atoms with Gasteiger partial charge in [0.25, 0.3) is 0 Å². The molecule has 3 N–H and O–H groups in total. The molecular weight excluding hydrogens is 342 g/mol. The van der Waals surface area contributed by atoms with Crippen LogP contribution in [0.1, 0.15) is 72.1 Å². The molecule has 0 heterocycles. The average Bonchev–Trinajstić information content (AvgIpc) is 2.76. The molecule has 0 aromatic carbocycles. The van der Waals surface area contributed by atoms with Gasteiger partial charge in [-0.25, -0.2) is 0 Å². The van der Waals surface area contributed by atoms with Crippen molar-refractivity contribution in [1.29, 1.82) is 0 Å². The molecule has 4 aliphatic carbocycles. The lowest BCUT2D eigenvalue weighted by atomic mass is 9.40. The molecule has 152 valence electrons. The molecular formula is C22H35NO4. The summed E-state index contributed by atoms with van der Waals surface area (Å²) in [5, 5.41) is 11.3. The van der Waals surface area contributed by atoms with Crippen molar-refractivity contribution in [1.82, 2.24) is 0 Å². The van der Waals surface area contributed by atoms with Crippen molar-refractivity contribution < 1.29 is 19.4 Å². The van der Waals surface area contributed by atoms with E-state index in [0.717, 1.165) is 51.4 Å². The van der Waals surface area contributed by atoms with Gasteiger partial charge in [-0.05, 0) is 69.1 Å². The molecule has 5 heteroatoms. The maximum atomic E-state index is 13.6. The van der Waals surface area contributed by atoms with Gasteiger partial charge in [0.2, 0.25) is 0 Å². The summed E-state index contributed by atoms with van der Waals surface area (Å²) in [4.78, 5) is 26.4. The first-order valence-electron chi connectivity index (χ1n) is 10.6. The SMILES string of the molecule is COC(=O)[C@]1(C)CCC[C@@]2(C)[C@@H]3CC[C@@]4(C)C[C@]3(CC[C@@H]21)C(=O)C4(O)CN. The maximum absolute atomic E-state index is 13.6. The maximum Gasteiger partial charge on any atom is 0.311 e. The van der Waals surface area contributed by atoms with E-state index in [1.54, 1.807) is 0 Å². The van der Waals surface area contributed by atoms with E-state index < -0.39 is 21.8 Å². The predicted molar refractivity (Wildman–Crippen MR) is 102 cm³/mol. The van der Waals surface area contributed by atoms with Crippen LogP contribution in [-0.2, 0) is 14.3 Å². The first kappa shape index (κ1) is 19.4. The molecule has 2 bridgehead atoms. The largest absolute Gasteiger partial charge is 0.469 e. The van der Waals surface area contributed by atoms with Gasteiger partial charge in [0.1, 0.15) is 5.60 Å². The average molecular weight is 378 g/mol. The van der Waals surface area contributed by atoms with Crippen LogP contribution in [0.5, 0.6) is 0 Å². The summed E-state index contributed by atoms with van der Waals surface area (Å²) in [5.74, 6) is 0.332. The van der Waals surface area contributed by atoms with Crippen molar-refractivity contribution in [3.05, 3.63) is 0 Å². The van der Waals surface area contributed by atoms with Crippen molar-refractivity contribution in [2.75, 3.05) is 13.7 Å². The van der Waals surface area contributed by atoms with Gasteiger partial charge in [0, 0.05) is 17.4 Å². The molecule has 4 rings (SSSR count). The first-order chi connectivity index (χ1) is 12.5. The van der Waals surface area contributed by atoms with Crippen LogP contribution in [0.25, 0.3) is 0 Å². The zero-order valence-electron chi connectivity index (χ0n) is 17.3. The van der Waals surface area contributed by atoms with Crippen LogP contribution in [0, 0.1) is 33.5 Å². The van der Waals surface area contributed by atoms with Crippen molar-refractivity contribution in [2.24, 2.45) is 39.2 Å². The molecule has 0 aromatic heterocycles. The topological polar surface area (TPSA) is 89.6 Å². The van der Waals surface area contributed by atoms with Gasteiger partial charge in [0.15, 0.2) is 5.78 Å². The lowest BCUT2D eigenvalue weighted by Gasteiger charge is -2.63. The third-order valence-electron chi connectivity index (χ3n) is 9.78. The molecule has 5 nitrogen and oxygen atoms in total. The number of aliphatic hydroxyl groups is 1. The van der Waals surface area contributed by atoms with Crippen LogP contribution < -0.4 is 5.73 Å². The van der Waals surface area contributed by atoms with E-state index in [1.165, 1.54) is 7.11 Å². The Morgan fingerprint density at radius 2 is 1.81 bits per heavy atom. The minimum Gasteiger partial charge on any atom is -0.469 e. The fourth-order valence-electron chi connectivity index (χ4n) is 8.46. The highest BCUT2D eigenvalue weighted by Crippen LogP contribution is 2.74. The summed E-state index contributed by atoms with van der Waals surface area (Å²) in [5.41, 5.74) is 3.12. The normalized spacial score (nSPS) is 54.2. The van der Waals surface area contributed by atoms with Crippen LogP contribution in [0.3, 0.4) is 0 Å². The van der Waals surface area contributed by atoms with Crippen LogP contribution in [0.4, 0.5) is 0 Å². The molecule has 0 aromatic rings. The molecule has 0 aliphatic heterocycles. The fraction of sp³-hybridized carbons (Fsp3) is 0.909. The summed E-state index contributed by atoms with van der Waals surface area (Å²) >= 11 is 0. The Labute approximate surface area is 162 Å². The number of rotatable bonds is 2. The Kier molecular flexibility index (Phi) is 3.99. The standard InChI is InChI=1S/C22H35NO4/c1-18-10-6-15-19(2)8-5-9-20(3,17(25)27-4)14(19)7-11-21(15,12-18)16(24)22(18,26)13-23/h14-15,26H,5-13,23H2,1-4H3/t14-,15-,18-,19+,20+,21-,22?/m0/s1. The second kappa shape index (κ2) is 5.56. The second-order valence-corrected chi connectivity index (χ2v) is 10.7. The first-order valence-corrected chi connectivity index (χ1v) is 10.6. The number of hydrogen-bond donors (Lipinski definition) is 2. The molecule has 27 heavy (non-hydrogen) atoms. The van der Waals surface area contributed by atoms with Crippen molar-refractivity contribution in [3.8, 4) is 0 Å². The fourth-order valence-corrected chi connectivity index (χ4v) is 8.46. The number of nitrogens with two attached hydrogens (primary N) is 1. The quantitative estimate of drug-likeness (QED) is 0.722. The molecule has 4 aliphatic rings. The third-order valence-corrected chi connectivity index (χ3v) is 9.78. The molecule has 1 spiro atoms. The van der Waals surface area contributed by atoms with E-state index in [9.17, 15) is 14.7 Å². The number of esters is 1. The van der Waals surface area contributed by atoms with Crippen LogP contribution in [0.2, 0.25) is 0 Å². The summed E-state index contributed by atoms with van der Waals surface area (Å²) in [6.07, 6.45) is 7.01. The minimum absolute atomic E-state index is 0.00693. The number of Topliss-reactive ketones (excluding diaryl/α,β-unsaturated/α-hetero) is 1. The molecule has 7 atom stereocenters. The Hall–Kier alpha value is -0.940. The Balaban J connectivity index is 1.79. The molecule has 0 radical (unpaired) electrons. The molecule has 1 unspecified atom stereocenters. The number of hydrogen-bond acceptors (Lipinski definition) is 5. The monoisotopic (exact) mass is 377 g/mol. The Bertz CT molecular complexity index is 694. The Morgan fingerprint density at radius 1 is 1.15 bits per heavy atom. The molecule has 4 saturated carbocycles. The van der Waals surface area contributed by atoms with Gasteiger partial charge in [-0.15, -0.1) is 0 Å². The highest BCUT2D eigenvalue weighted by atomic mass is 16.5. The van der Waals surface area contributed by atoms with E-state index in [1.807, 2.05) is 0 Å². The Morgan fingerprint density at radius 3 is 2.44 bits per heavy atom. The zero-order chi connectivity index (χ0) is 19.9. The van der Waals surface area contributed by atoms with Gasteiger partial charge in [-0.2, -0.15) is 0 Å². The highest BCUT2D eigenvalue weighted by molar-refractivity contribution is 5.97. The van der Waals surface area contributed by atoms with Crippen LogP contribution in [0.15, 0.2) is 0 Å². The number of methoxy groups -OCH3 is 1. The van der Waals surface area contributed by atoms with Gasteiger partial charge >= 0.3 is 5.97 Å². The predicted octanol–water partition coefficient (Wildman–Crippen LogP) is 2.83. The lowest BCUT2D eigenvalue weighted by Crippen LogP contribution is -2.60. The molecule has 0 saturated heterocycles. The number of carbonyl (C=O) groups is 2. The van der Waals surface area contributed by atoms with E-state index in [-0.39, 0.29) is 35.5 Å². The van der Waals surface area contributed by atoms with Gasteiger partial charge in [-0.1, -0.05) is 20.3 Å². The zero-order valence-corrected chi connectivity index (χ0v) is 17.3. The third kappa shape index (κ3) is 2.03. The van der Waals surface area contributed by atoms with Crippen molar-refractivity contribution in [2.45, 2.75) is 77.7 Å². The number of carbonyl (C=O) groups excluding carboxylic acids is 2. The summed E-state index contributed by atoms with van der Waals surface area (Å²) in [6.45, 7) is 6.44. The number of fused-ring (bicyclic) bond motifs is 3. The van der Waals surface area contributed by atoms with Gasteiger partial charge in [-0.3, -0.25) is 9.59 Å². The van der Waals surface area contributed by atoms with Crippen molar-refractivity contribution in [3.63, 3.8) is 0 Å². The van der Waals surface area contributed by atoms with E-state index in [0.29, 0.717) is 0 Å². The van der Waals surface area contributed by atoms with E-state index >= 15 is 0 Å². The molecule has 4 fully saturated rings. The van der Waals surface area contributed by atoms with Gasteiger partial charge in [0.05, 0.1) is 12.5 Å². The number of ether oxygens (including phenoxy) is 1. The summed E-state index contributed by atoms with van der Waals surface area (Å²) in [7, 11) is 1.48. The summed E-state index contributed by atoms with van der Waals surface area (Å²) in [6, 6.07) is 0. The number of ketones is 1. The van der Waals surface area contributed by atoms with Crippen LogP contribution >= 0.6 is 0 Å². The smallest absolute Gasteiger partial charge is 0.311 e. The summed E-state index contributed by atoms with van der Waals surface area (Å²) < 4.78 is 5.21. The molecule has 0 amide bonds. The second-order valence-electron chi connectivity index (χ2n) is 10.7. The highest BCUT2D eigenvalue weighted by Gasteiger charge is 2.75. The van der Waals surface area contributed by atoms with E-state index in [2.05, 4.69) is 20.8 Å². The van der Waals surface area contributed by atoms with Crippen LogP contribution in [-0.4, -0.2) is 36.1 Å². The lowest BCUT2D eigenvalue weighted by molar-refractivity contribution is -0.186. The van der Waals surface area contributed by atoms with E-state index in [4.69, 9.17) is 10.5 Å². The minimum atomic E-state index is -1.40.